The molecule has 0 bridgehead atoms. The van der Waals surface area contributed by atoms with Crippen LogP contribution in [-0.2, 0) is 13.0 Å². The van der Waals surface area contributed by atoms with Crippen molar-refractivity contribution < 1.29 is 13.6 Å². The lowest BCUT2D eigenvalue weighted by atomic mass is 10.1. The number of aryl methyl sites for hydroxylation is 3. The Bertz CT molecular complexity index is 664. The van der Waals surface area contributed by atoms with E-state index in [-0.39, 0.29) is 12.5 Å². The summed E-state index contributed by atoms with van der Waals surface area (Å²) in [6.07, 6.45) is 0.761. The fourth-order valence-corrected chi connectivity index (χ4v) is 2.26. The third-order valence-corrected chi connectivity index (χ3v) is 3.47. The second kappa shape index (κ2) is 5.94. The van der Waals surface area contributed by atoms with Crippen LogP contribution >= 0.6 is 0 Å². The highest BCUT2D eigenvalue weighted by atomic mass is 16.4. The van der Waals surface area contributed by atoms with Gasteiger partial charge in [0.05, 0.1) is 6.54 Å². The highest BCUT2D eigenvalue weighted by molar-refractivity contribution is 5.92. The van der Waals surface area contributed by atoms with E-state index in [1.807, 2.05) is 34.6 Å². The molecular formula is C16H23N3O3. The number of hydrogen-bond acceptors (Lipinski definition) is 5. The first-order valence-electron chi connectivity index (χ1n) is 7.42. The molecule has 0 fully saturated rings. The van der Waals surface area contributed by atoms with E-state index in [2.05, 4.69) is 10.2 Å². The molecule has 0 aliphatic carbocycles. The Hall–Kier alpha value is -2.11. The van der Waals surface area contributed by atoms with Crippen LogP contribution in [0.3, 0.4) is 0 Å². The van der Waals surface area contributed by atoms with Crippen LogP contribution in [-0.4, -0.2) is 26.5 Å². The summed E-state index contributed by atoms with van der Waals surface area (Å²) in [5, 5.41) is 7.78. The summed E-state index contributed by atoms with van der Waals surface area (Å²) in [5.74, 6) is 1.91. The summed E-state index contributed by atoms with van der Waals surface area (Å²) in [4.78, 5) is 14.5. The van der Waals surface area contributed by atoms with Gasteiger partial charge in [-0.05, 0) is 39.3 Å². The zero-order chi connectivity index (χ0) is 16.5. The molecule has 0 unspecified atom stereocenters. The molecule has 120 valence electrons. The van der Waals surface area contributed by atoms with Crippen molar-refractivity contribution in [1.82, 2.24) is 15.1 Å². The standard InChI is InChI=1S/C16H23N3O3/c1-7-12-10(2)8-13(22-12)15(20)19(16(4,5)6)9-14-18-17-11(3)21-14/h8H,7,9H2,1-6H3. The molecule has 2 rings (SSSR count). The molecule has 0 aromatic carbocycles. The second-order valence-corrected chi connectivity index (χ2v) is 6.35. The Balaban J connectivity index is 2.30. The molecule has 0 saturated heterocycles. The highest BCUT2D eigenvalue weighted by Gasteiger charge is 2.31. The van der Waals surface area contributed by atoms with Crippen LogP contribution in [0.5, 0.6) is 0 Å². The van der Waals surface area contributed by atoms with E-state index in [4.69, 9.17) is 8.83 Å². The molecule has 6 heteroatoms. The number of hydrogen-bond donors (Lipinski definition) is 0. The number of nitrogens with zero attached hydrogens (tertiary/aromatic N) is 3. The first-order valence-corrected chi connectivity index (χ1v) is 7.42. The highest BCUT2D eigenvalue weighted by Crippen LogP contribution is 2.23. The number of furan rings is 1. The Morgan fingerprint density at radius 1 is 1.23 bits per heavy atom. The van der Waals surface area contributed by atoms with E-state index in [1.165, 1.54) is 0 Å². The van der Waals surface area contributed by atoms with Crippen LogP contribution in [0, 0.1) is 13.8 Å². The van der Waals surface area contributed by atoms with Gasteiger partial charge in [-0.2, -0.15) is 0 Å². The maximum atomic E-state index is 12.8. The number of carbonyl (C=O) groups is 1. The Labute approximate surface area is 130 Å². The van der Waals surface area contributed by atoms with Gasteiger partial charge in [0.2, 0.25) is 11.8 Å². The van der Waals surface area contributed by atoms with Crippen LogP contribution in [0.2, 0.25) is 0 Å². The topological polar surface area (TPSA) is 72.4 Å². The van der Waals surface area contributed by atoms with Crippen molar-refractivity contribution in [3.63, 3.8) is 0 Å². The van der Waals surface area contributed by atoms with Gasteiger partial charge in [0.1, 0.15) is 5.76 Å². The number of amides is 1. The van der Waals surface area contributed by atoms with E-state index >= 15 is 0 Å². The van der Waals surface area contributed by atoms with Gasteiger partial charge in [-0.25, -0.2) is 0 Å². The smallest absolute Gasteiger partial charge is 0.290 e. The first-order chi connectivity index (χ1) is 10.2. The molecule has 0 saturated carbocycles. The molecule has 2 heterocycles. The Kier molecular flexibility index (Phi) is 4.39. The van der Waals surface area contributed by atoms with Crippen LogP contribution in [0.4, 0.5) is 0 Å². The fourth-order valence-electron chi connectivity index (χ4n) is 2.26. The fraction of sp³-hybridized carbons (Fsp3) is 0.562. The lowest BCUT2D eigenvalue weighted by molar-refractivity contribution is 0.0497. The lowest BCUT2D eigenvalue weighted by Gasteiger charge is -2.33. The maximum absolute atomic E-state index is 12.8. The van der Waals surface area contributed by atoms with Gasteiger partial charge in [-0.3, -0.25) is 4.79 Å². The van der Waals surface area contributed by atoms with Gasteiger partial charge >= 0.3 is 0 Å². The van der Waals surface area contributed by atoms with Crippen molar-refractivity contribution in [3.8, 4) is 0 Å². The Morgan fingerprint density at radius 2 is 1.91 bits per heavy atom. The zero-order valence-corrected chi connectivity index (χ0v) is 14.1. The summed E-state index contributed by atoms with van der Waals surface area (Å²) < 4.78 is 11.1. The summed E-state index contributed by atoms with van der Waals surface area (Å²) in [6, 6.07) is 1.79. The van der Waals surface area contributed by atoms with Crippen molar-refractivity contribution in [3.05, 3.63) is 34.9 Å². The van der Waals surface area contributed by atoms with Gasteiger partial charge in [0, 0.05) is 18.9 Å². The quantitative estimate of drug-likeness (QED) is 0.866. The van der Waals surface area contributed by atoms with E-state index in [1.54, 1.807) is 17.9 Å². The number of carbonyl (C=O) groups excluding carboxylic acids is 1. The summed E-state index contributed by atoms with van der Waals surface area (Å²) in [7, 11) is 0. The normalized spacial score (nSPS) is 11.7. The van der Waals surface area contributed by atoms with Crippen LogP contribution < -0.4 is 0 Å². The molecule has 0 aliphatic rings. The van der Waals surface area contributed by atoms with Crippen LogP contribution in [0.25, 0.3) is 0 Å². The largest absolute Gasteiger partial charge is 0.456 e. The third kappa shape index (κ3) is 3.37. The first kappa shape index (κ1) is 16.3. The van der Waals surface area contributed by atoms with Crippen molar-refractivity contribution in [2.75, 3.05) is 0 Å². The lowest BCUT2D eigenvalue weighted by Crippen LogP contribution is -2.45. The average molecular weight is 305 g/mol. The zero-order valence-electron chi connectivity index (χ0n) is 14.1. The van der Waals surface area contributed by atoms with Crippen molar-refractivity contribution >= 4 is 5.91 Å². The number of aromatic nitrogens is 2. The summed E-state index contributed by atoms with van der Waals surface area (Å²) in [6.45, 7) is 11.8. The molecular weight excluding hydrogens is 282 g/mol. The molecule has 22 heavy (non-hydrogen) atoms. The molecule has 2 aromatic heterocycles. The van der Waals surface area contributed by atoms with Gasteiger partial charge in [0.25, 0.3) is 5.91 Å². The van der Waals surface area contributed by atoms with E-state index < -0.39 is 5.54 Å². The van der Waals surface area contributed by atoms with Gasteiger partial charge < -0.3 is 13.7 Å². The molecule has 0 spiro atoms. The minimum Gasteiger partial charge on any atom is -0.456 e. The van der Waals surface area contributed by atoms with Gasteiger partial charge in [0.15, 0.2) is 5.76 Å². The SMILES string of the molecule is CCc1oc(C(=O)N(Cc2nnc(C)o2)C(C)(C)C)cc1C. The maximum Gasteiger partial charge on any atom is 0.290 e. The van der Waals surface area contributed by atoms with Crippen molar-refractivity contribution in [1.29, 1.82) is 0 Å². The van der Waals surface area contributed by atoms with E-state index in [0.29, 0.717) is 17.5 Å². The van der Waals surface area contributed by atoms with Crippen molar-refractivity contribution in [2.24, 2.45) is 0 Å². The minimum absolute atomic E-state index is 0.175. The number of rotatable bonds is 4. The van der Waals surface area contributed by atoms with Gasteiger partial charge in [-0.15, -0.1) is 10.2 Å². The van der Waals surface area contributed by atoms with Crippen molar-refractivity contribution in [2.45, 2.75) is 60.0 Å². The molecule has 0 N–H and O–H groups in total. The Morgan fingerprint density at radius 3 is 2.36 bits per heavy atom. The molecule has 0 atom stereocenters. The van der Waals surface area contributed by atoms with Gasteiger partial charge in [-0.1, -0.05) is 6.92 Å². The van der Waals surface area contributed by atoms with Crippen LogP contribution in [0.15, 0.2) is 14.9 Å². The third-order valence-electron chi connectivity index (χ3n) is 3.47. The second-order valence-electron chi connectivity index (χ2n) is 6.35. The minimum atomic E-state index is -0.396. The predicted molar refractivity (Wildman–Crippen MR) is 81.5 cm³/mol. The molecule has 1 amide bonds. The molecule has 0 radical (unpaired) electrons. The average Bonchev–Trinajstić information content (AvgIpc) is 3.00. The van der Waals surface area contributed by atoms with E-state index in [9.17, 15) is 4.79 Å². The molecule has 6 nitrogen and oxygen atoms in total. The summed E-state index contributed by atoms with van der Waals surface area (Å²) >= 11 is 0. The summed E-state index contributed by atoms with van der Waals surface area (Å²) in [5.41, 5.74) is 0.598. The predicted octanol–water partition coefficient (Wildman–Crippen LogP) is 3.28. The molecule has 2 aromatic rings. The molecule has 0 aliphatic heterocycles. The monoisotopic (exact) mass is 305 g/mol. The van der Waals surface area contributed by atoms with E-state index in [0.717, 1.165) is 17.7 Å². The van der Waals surface area contributed by atoms with Crippen LogP contribution in [0.1, 0.15) is 61.4 Å².